The van der Waals surface area contributed by atoms with Gasteiger partial charge < -0.3 is 0 Å². The van der Waals surface area contributed by atoms with Gasteiger partial charge >= 0.3 is 0 Å². The summed E-state index contributed by atoms with van der Waals surface area (Å²) in [7, 11) is 0. The van der Waals surface area contributed by atoms with Crippen molar-refractivity contribution in [2.45, 2.75) is 32.6 Å². The minimum atomic E-state index is 1.17. The molecule has 15 heavy (non-hydrogen) atoms. The Morgan fingerprint density at radius 1 is 1.13 bits per heavy atom. The highest BCUT2D eigenvalue weighted by Crippen LogP contribution is 2.24. The number of hydrogen-bond acceptors (Lipinski definition) is 0. The number of rotatable bonds is 5. The lowest BCUT2D eigenvalue weighted by Gasteiger charge is -2.11. The molecule has 0 saturated carbocycles. The number of unbranched alkanes of at least 4 members (excludes halogenated alkanes) is 1. The van der Waals surface area contributed by atoms with Crippen molar-refractivity contribution in [3.63, 3.8) is 0 Å². The molecule has 0 atom stereocenters. The number of allylic oxidation sites excluding steroid dienone is 1. The monoisotopic (exact) mass is 198 g/mol. The fraction of sp³-hybridized carbons (Fsp3) is 0.333. The van der Waals surface area contributed by atoms with Crippen LogP contribution in [-0.2, 0) is 6.42 Å². The fourth-order valence-electron chi connectivity index (χ4n) is 1.92. The Hall–Kier alpha value is -1.30. The molecule has 0 amide bonds. The van der Waals surface area contributed by atoms with Crippen LogP contribution < -0.4 is 0 Å². The molecular formula is C15H18. The number of aryl methyl sites for hydroxylation is 1. The van der Waals surface area contributed by atoms with Crippen LogP contribution in [0.4, 0.5) is 0 Å². The van der Waals surface area contributed by atoms with E-state index in [9.17, 15) is 0 Å². The first-order valence-corrected chi connectivity index (χ1v) is 5.71. The molecule has 1 aromatic rings. The van der Waals surface area contributed by atoms with Crippen LogP contribution in [-0.4, -0.2) is 0 Å². The van der Waals surface area contributed by atoms with Crippen LogP contribution in [0.3, 0.4) is 0 Å². The molecule has 1 aromatic carbocycles. The maximum absolute atomic E-state index is 3.93. The molecule has 78 valence electrons. The lowest BCUT2D eigenvalue weighted by atomic mass is 9.94. The van der Waals surface area contributed by atoms with Crippen LogP contribution in [0.15, 0.2) is 30.4 Å². The van der Waals surface area contributed by atoms with E-state index in [2.05, 4.69) is 43.9 Å². The summed E-state index contributed by atoms with van der Waals surface area (Å²) in [5.74, 6) is 0. The molecular weight excluding hydrogens is 180 g/mol. The van der Waals surface area contributed by atoms with E-state index in [4.69, 9.17) is 0 Å². The van der Waals surface area contributed by atoms with E-state index in [0.717, 1.165) is 0 Å². The second-order valence-corrected chi connectivity index (χ2v) is 4.46. The molecule has 0 aliphatic heterocycles. The molecule has 1 aliphatic rings. The predicted octanol–water partition coefficient (Wildman–Crippen LogP) is 4.46. The van der Waals surface area contributed by atoms with Gasteiger partial charge in [-0.25, -0.2) is 0 Å². The lowest BCUT2D eigenvalue weighted by Crippen LogP contribution is -1.93. The SMILES string of the molecule is C=C(C)CCCCc1ccc2c(c1)C=C2. The van der Waals surface area contributed by atoms with Gasteiger partial charge in [0, 0.05) is 0 Å². The van der Waals surface area contributed by atoms with Gasteiger partial charge in [0.05, 0.1) is 0 Å². The summed E-state index contributed by atoms with van der Waals surface area (Å²) in [5, 5.41) is 0. The largest absolute Gasteiger partial charge is 0.100 e. The van der Waals surface area contributed by atoms with E-state index in [1.54, 1.807) is 0 Å². The summed E-state index contributed by atoms with van der Waals surface area (Å²) in [4.78, 5) is 0. The van der Waals surface area contributed by atoms with Crippen LogP contribution >= 0.6 is 0 Å². The zero-order valence-corrected chi connectivity index (χ0v) is 9.42. The van der Waals surface area contributed by atoms with Crippen molar-refractivity contribution in [1.82, 2.24) is 0 Å². The molecule has 0 fully saturated rings. The van der Waals surface area contributed by atoms with Gasteiger partial charge in [-0.1, -0.05) is 35.9 Å². The summed E-state index contributed by atoms with van der Waals surface area (Å²) < 4.78 is 0. The van der Waals surface area contributed by atoms with Crippen LogP contribution in [0, 0.1) is 0 Å². The van der Waals surface area contributed by atoms with Gasteiger partial charge in [-0.15, -0.1) is 6.58 Å². The predicted molar refractivity (Wildman–Crippen MR) is 67.7 cm³/mol. The van der Waals surface area contributed by atoms with E-state index in [1.807, 2.05) is 0 Å². The highest BCUT2D eigenvalue weighted by Gasteiger charge is 2.05. The lowest BCUT2D eigenvalue weighted by molar-refractivity contribution is 0.730. The summed E-state index contributed by atoms with van der Waals surface area (Å²) >= 11 is 0. The Bertz CT molecular complexity index is 396. The highest BCUT2D eigenvalue weighted by atomic mass is 14.1. The molecule has 0 bridgehead atoms. The minimum Gasteiger partial charge on any atom is -0.100 e. The van der Waals surface area contributed by atoms with Crippen LogP contribution in [0.25, 0.3) is 12.2 Å². The summed E-state index contributed by atoms with van der Waals surface area (Å²) in [6.45, 7) is 6.03. The Balaban J connectivity index is 1.80. The van der Waals surface area contributed by atoms with Crippen molar-refractivity contribution in [3.05, 3.63) is 47.0 Å². The van der Waals surface area contributed by atoms with Crippen molar-refractivity contribution >= 4 is 12.2 Å². The highest BCUT2D eigenvalue weighted by molar-refractivity contribution is 5.85. The summed E-state index contributed by atoms with van der Waals surface area (Å²) in [6.07, 6.45) is 9.27. The smallest absolute Gasteiger partial charge is 0.0181 e. The molecule has 0 spiro atoms. The Morgan fingerprint density at radius 2 is 1.93 bits per heavy atom. The van der Waals surface area contributed by atoms with Crippen LogP contribution in [0.1, 0.15) is 42.9 Å². The topological polar surface area (TPSA) is 0 Å². The zero-order chi connectivity index (χ0) is 10.7. The van der Waals surface area contributed by atoms with Crippen molar-refractivity contribution < 1.29 is 0 Å². The van der Waals surface area contributed by atoms with Crippen molar-refractivity contribution in [2.24, 2.45) is 0 Å². The van der Waals surface area contributed by atoms with E-state index in [0.29, 0.717) is 0 Å². The van der Waals surface area contributed by atoms with Gasteiger partial charge in [-0.2, -0.15) is 0 Å². The van der Waals surface area contributed by atoms with Gasteiger partial charge in [0.2, 0.25) is 0 Å². The Kier molecular flexibility index (Phi) is 3.05. The van der Waals surface area contributed by atoms with Crippen molar-refractivity contribution in [1.29, 1.82) is 0 Å². The Labute approximate surface area is 92.3 Å². The summed E-state index contributed by atoms with van der Waals surface area (Å²) in [5.41, 5.74) is 5.57. The molecule has 0 aromatic heterocycles. The third-order valence-electron chi connectivity index (χ3n) is 2.91. The number of benzene rings is 1. The Morgan fingerprint density at radius 3 is 2.53 bits per heavy atom. The first-order valence-electron chi connectivity index (χ1n) is 5.71. The van der Waals surface area contributed by atoms with Gasteiger partial charge in [0.15, 0.2) is 0 Å². The van der Waals surface area contributed by atoms with Gasteiger partial charge in [-0.05, 0) is 49.3 Å². The molecule has 0 radical (unpaired) electrons. The maximum Gasteiger partial charge on any atom is -0.0181 e. The third-order valence-corrected chi connectivity index (χ3v) is 2.91. The van der Waals surface area contributed by atoms with E-state index >= 15 is 0 Å². The summed E-state index contributed by atoms with van der Waals surface area (Å²) in [6, 6.07) is 6.79. The van der Waals surface area contributed by atoms with E-state index < -0.39 is 0 Å². The second-order valence-electron chi connectivity index (χ2n) is 4.46. The molecule has 0 unspecified atom stereocenters. The van der Waals surface area contributed by atoms with Crippen LogP contribution in [0.2, 0.25) is 0 Å². The first-order chi connectivity index (χ1) is 7.25. The molecule has 0 N–H and O–H groups in total. The van der Waals surface area contributed by atoms with Crippen molar-refractivity contribution in [3.8, 4) is 0 Å². The van der Waals surface area contributed by atoms with Gasteiger partial charge in [0.25, 0.3) is 0 Å². The molecule has 0 heterocycles. The quantitative estimate of drug-likeness (QED) is 0.491. The van der Waals surface area contributed by atoms with E-state index in [1.165, 1.54) is 47.9 Å². The number of hydrogen-bond donors (Lipinski definition) is 0. The minimum absolute atomic E-state index is 1.17. The zero-order valence-electron chi connectivity index (χ0n) is 9.42. The molecule has 1 aliphatic carbocycles. The van der Waals surface area contributed by atoms with Crippen molar-refractivity contribution in [2.75, 3.05) is 0 Å². The molecule has 0 saturated heterocycles. The molecule has 2 rings (SSSR count). The normalized spacial score (nSPS) is 12.1. The van der Waals surface area contributed by atoms with E-state index in [-0.39, 0.29) is 0 Å². The maximum atomic E-state index is 3.93. The molecule has 0 nitrogen and oxygen atoms in total. The fourth-order valence-corrected chi connectivity index (χ4v) is 1.92. The standard InChI is InChI=1S/C15H18/c1-12(2)5-3-4-6-13-7-8-14-9-10-15(14)11-13/h7-11H,1,3-6H2,2H3. The average molecular weight is 198 g/mol. The number of fused-ring (bicyclic) bond motifs is 1. The van der Waals surface area contributed by atoms with Gasteiger partial charge in [-0.3, -0.25) is 0 Å². The molecule has 0 heteroatoms. The third kappa shape index (κ3) is 2.59. The van der Waals surface area contributed by atoms with Gasteiger partial charge in [0.1, 0.15) is 0 Å². The average Bonchev–Trinajstić information content (AvgIpc) is 2.16. The second kappa shape index (κ2) is 4.48. The first kappa shape index (κ1) is 10.2. The van der Waals surface area contributed by atoms with Crippen LogP contribution in [0.5, 0.6) is 0 Å².